The maximum Gasteiger partial charge on any atom is 0.341 e. The molecule has 0 unspecified atom stereocenters. The van der Waals surface area contributed by atoms with Gasteiger partial charge in [-0.1, -0.05) is 12.1 Å². The number of rotatable bonds is 5. The fourth-order valence-electron chi connectivity index (χ4n) is 2.97. The van der Waals surface area contributed by atoms with Crippen molar-refractivity contribution in [1.82, 2.24) is 0 Å². The lowest BCUT2D eigenvalue weighted by molar-refractivity contribution is -0.111. The lowest BCUT2D eigenvalue weighted by Gasteiger charge is -2.12. The fraction of sp³-hybridized carbons (Fsp3) is 0.300. The number of esters is 1. The molecule has 1 heterocycles. The predicted molar refractivity (Wildman–Crippen MR) is 101 cm³/mol. The molecule has 1 aliphatic carbocycles. The summed E-state index contributed by atoms with van der Waals surface area (Å²) in [5, 5.41) is 3.35. The zero-order valence-electron chi connectivity index (χ0n) is 14.5. The van der Waals surface area contributed by atoms with Gasteiger partial charge in [0.25, 0.3) is 0 Å². The van der Waals surface area contributed by atoms with Crippen molar-refractivity contribution in [3.8, 4) is 0 Å². The highest BCUT2D eigenvalue weighted by atomic mass is 32.1. The number of fused-ring (bicyclic) bond motifs is 1. The van der Waals surface area contributed by atoms with Gasteiger partial charge in [-0.05, 0) is 61.9 Å². The molecule has 136 valence electrons. The van der Waals surface area contributed by atoms with Gasteiger partial charge in [0.2, 0.25) is 5.91 Å². The molecule has 1 aromatic carbocycles. The zero-order valence-corrected chi connectivity index (χ0v) is 15.3. The summed E-state index contributed by atoms with van der Waals surface area (Å²) in [5.41, 5.74) is 2.23. The smallest absolute Gasteiger partial charge is 0.341 e. The van der Waals surface area contributed by atoms with Crippen LogP contribution in [0, 0.1) is 5.82 Å². The highest BCUT2D eigenvalue weighted by Gasteiger charge is 2.26. The summed E-state index contributed by atoms with van der Waals surface area (Å²) < 4.78 is 18.1. The Bertz CT molecular complexity index is 839. The van der Waals surface area contributed by atoms with Crippen molar-refractivity contribution >= 4 is 34.3 Å². The number of thiophene rings is 1. The van der Waals surface area contributed by atoms with E-state index in [1.165, 1.54) is 29.5 Å². The van der Waals surface area contributed by atoms with Gasteiger partial charge in [0, 0.05) is 11.0 Å². The first-order valence-corrected chi connectivity index (χ1v) is 9.46. The molecule has 1 aromatic heterocycles. The lowest BCUT2D eigenvalue weighted by atomic mass is 9.95. The van der Waals surface area contributed by atoms with Crippen LogP contribution in [0.1, 0.15) is 46.1 Å². The highest BCUT2D eigenvalue weighted by Crippen LogP contribution is 2.38. The van der Waals surface area contributed by atoms with Crippen LogP contribution in [0.5, 0.6) is 0 Å². The van der Waals surface area contributed by atoms with E-state index in [2.05, 4.69) is 5.32 Å². The van der Waals surface area contributed by atoms with Crippen molar-refractivity contribution < 1.29 is 18.7 Å². The molecule has 0 saturated heterocycles. The number of amides is 1. The van der Waals surface area contributed by atoms with Crippen molar-refractivity contribution in [1.29, 1.82) is 0 Å². The number of benzene rings is 1. The second kappa shape index (κ2) is 8.27. The number of anilines is 1. The molecule has 0 saturated carbocycles. The standard InChI is InChI=1S/C20H20FNO3S/c1-2-25-20(24)18-15-5-3-4-6-16(15)26-19(18)22-17(23)12-9-13-7-10-14(21)11-8-13/h7-12H,2-6H2,1H3,(H,22,23)/b12-9+. The van der Waals surface area contributed by atoms with Gasteiger partial charge >= 0.3 is 5.97 Å². The molecular weight excluding hydrogens is 353 g/mol. The maximum absolute atomic E-state index is 12.9. The van der Waals surface area contributed by atoms with Gasteiger partial charge in [0.1, 0.15) is 10.8 Å². The molecule has 0 aliphatic heterocycles. The van der Waals surface area contributed by atoms with Crippen LogP contribution >= 0.6 is 11.3 Å². The highest BCUT2D eigenvalue weighted by molar-refractivity contribution is 7.17. The number of aryl methyl sites for hydroxylation is 1. The maximum atomic E-state index is 12.9. The number of carbonyl (C=O) groups excluding carboxylic acids is 2. The second-order valence-corrected chi connectivity index (χ2v) is 7.11. The van der Waals surface area contributed by atoms with Crippen LogP contribution in [0.4, 0.5) is 9.39 Å². The summed E-state index contributed by atoms with van der Waals surface area (Å²) in [7, 11) is 0. The Hall–Kier alpha value is -2.47. The average molecular weight is 373 g/mol. The van der Waals surface area contributed by atoms with E-state index in [1.807, 2.05) is 0 Å². The summed E-state index contributed by atoms with van der Waals surface area (Å²) >= 11 is 1.45. The summed E-state index contributed by atoms with van der Waals surface area (Å²) in [4.78, 5) is 25.8. The molecule has 0 spiro atoms. The zero-order chi connectivity index (χ0) is 18.5. The Labute approximate surface area is 155 Å². The van der Waals surface area contributed by atoms with Crippen molar-refractivity contribution in [2.45, 2.75) is 32.6 Å². The first kappa shape index (κ1) is 18.3. The Morgan fingerprint density at radius 2 is 1.96 bits per heavy atom. The first-order valence-electron chi connectivity index (χ1n) is 8.64. The molecule has 2 aromatic rings. The second-order valence-electron chi connectivity index (χ2n) is 6.01. The van der Waals surface area contributed by atoms with Crippen LogP contribution in [0.25, 0.3) is 6.08 Å². The third kappa shape index (κ3) is 4.19. The van der Waals surface area contributed by atoms with Gasteiger partial charge in [0.05, 0.1) is 12.2 Å². The summed E-state index contributed by atoms with van der Waals surface area (Å²) in [6, 6.07) is 5.85. The Morgan fingerprint density at radius 1 is 1.23 bits per heavy atom. The molecule has 4 nitrogen and oxygen atoms in total. The van der Waals surface area contributed by atoms with Gasteiger partial charge in [-0.2, -0.15) is 0 Å². The lowest BCUT2D eigenvalue weighted by Crippen LogP contribution is -2.14. The number of ether oxygens (including phenoxy) is 1. The predicted octanol–water partition coefficient (Wildman–Crippen LogP) is 4.59. The van der Waals surface area contributed by atoms with Crippen molar-refractivity contribution in [2.75, 3.05) is 11.9 Å². The van der Waals surface area contributed by atoms with Crippen LogP contribution in [-0.2, 0) is 22.4 Å². The number of halogens is 1. The van der Waals surface area contributed by atoms with E-state index in [4.69, 9.17) is 4.74 Å². The molecule has 0 bridgehead atoms. The number of hydrogen-bond acceptors (Lipinski definition) is 4. The molecule has 0 fully saturated rings. The Balaban J connectivity index is 1.80. The third-order valence-corrected chi connectivity index (χ3v) is 5.39. The molecule has 26 heavy (non-hydrogen) atoms. The summed E-state index contributed by atoms with van der Waals surface area (Å²) in [5.74, 6) is -1.04. The van der Waals surface area contributed by atoms with Crippen molar-refractivity contribution in [3.63, 3.8) is 0 Å². The van der Waals surface area contributed by atoms with Gasteiger partial charge < -0.3 is 10.1 Å². The average Bonchev–Trinajstić information content (AvgIpc) is 2.99. The molecule has 1 amide bonds. The molecular formula is C20H20FNO3S. The van der Waals surface area contributed by atoms with Gasteiger partial charge in [-0.3, -0.25) is 4.79 Å². The largest absolute Gasteiger partial charge is 0.462 e. The molecule has 1 N–H and O–H groups in total. The molecule has 3 rings (SSSR count). The minimum absolute atomic E-state index is 0.293. The van der Waals surface area contributed by atoms with Crippen molar-refractivity contribution in [2.24, 2.45) is 0 Å². The minimum Gasteiger partial charge on any atom is -0.462 e. The van der Waals surface area contributed by atoms with E-state index in [9.17, 15) is 14.0 Å². The van der Waals surface area contributed by atoms with E-state index in [1.54, 1.807) is 25.1 Å². The summed E-state index contributed by atoms with van der Waals surface area (Å²) in [6.07, 6.45) is 6.86. The number of hydrogen-bond donors (Lipinski definition) is 1. The first-order chi connectivity index (χ1) is 12.6. The van der Waals surface area contributed by atoms with Crippen LogP contribution in [0.3, 0.4) is 0 Å². The molecule has 0 radical (unpaired) electrons. The normalized spacial score (nSPS) is 13.5. The quantitative estimate of drug-likeness (QED) is 0.616. The van der Waals surface area contributed by atoms with E-state index < -0.39 is 0 Å². The van der Waals surface area contributed by atoms with Gasteiger partial charge in [-0.15, -0.1) is 11.3 Å². The monoisotopic (exact) mass is 373 g/mol. The van der Waals surface area contributed by atoms with E-state index in [0.29, 0.717) is 17.2 Å². The van der Waals surface area contributed by atoms with E-state index in [-0.39, 0.29) is 17.7 Å². The topological polar surface area (TPSA) is 55.4 Å². The van der Waals surface area contributed by atoms with Crippen LogP contribution < -0.4 is 5.32 Å². The SMILES string of the molecule is CCOC(=O)c1c(NC(=O)/C=C/c2ccc(F)cc2)sc2c1CCCC2. The Morgan fingerprint density at radius 3 is 2.69 bits per heavy atom. The minimum atomic E-state index is -0.385. The van der Waals surface area contributed by atoms with Crippen LogP contribution in [-0.4, -0.2) is 18.5 Å². The fourth-order valence-corrected chi connectivity index (χ4v) is 4.25. The molecule has 1 aliphatic rings. The van der Waals surface area contributed by atoms with Crippen molar-refractivity contribution in [3.05, 3.63) is 57.7 Å². The third-order valence-electron chi connectivity index (χ3n) is 4.18. The van der Waals surface area contributed by atoms with Crippen LogP contribution in [0.15, 0.2) is 30.3 Å². The summed E-state index contributed by atoms with van der Waals surface area (Å²) in [6.45, 7) is 2.06. The molecule has 0 atom stereocenters. The van der Waals surface area contributed by atoms with E-state index in [0.717, 1.165) is 41.7 Å². The van der Waals surface area contributed by atoms with Gasteiger partial charge in [0.15, 0.2) is 0 Å². The Kier molecular flexibility index (Phi) is 5.83. The number of nitrogens with one attached hydrogen (secondary N) is 1. The van der Waals surface area contributed by atoms with Gasteiger partial charge in [-0.25, -0.2) is 9.18 Å². The molecule has 6 heteroatoms. The van der Waals surface area contributed by atoms with E-state index >= 15 is 0 Å². The number of carbonyl (C=O) groups is 2. The van der Waals surface area contributed by atoms with Crippen LogP contribution in [0.2, 0.25) is 0 Å².